The van der Waals surface area contributed by atoms with Crippen molar-refractivity contribution < 1.29 is 24.3 Å². The Labute approximate surface area is 127 Å². The van der Waals surface area contributed by atoms with Gasteiger partial charge < -0.3 is 14.4 Å². The SMILES string of the molecule is O=C(NO)c1ccc2c(c1)OCCN(C(=O)[C@H]1CCOC1)C2. The van der Waals surface area contributed by atoms with Crippen LogP contribution in [0.25, 0.3) is 0 Å². The van der Waals surface area contributed by atoms with Gasteiger partial charge in [0.2, 0.25) is 5.91 Å². The van der Waals surface area contributed by atoms with Crippen LogP contribution in [0.15, 0.2) is 18.2 Å². The van der Waals surface area contributed by atoms with Crippen LogP contribution < -0.4 is 10.2 Å². The zero-order valence-electron chi connectivity index (χ0n) is 12.1. The summed E-state index contributed by atoms with van der Waals surface area (Å²) in [7, 11) is 0. The fraction of sp³-hybridized carbons (Fsp3) is 0.467. The number of nitrogens with one attached hydrogen (secondary N) is 1. The molecule has 22 heavy (non-hydrogen) atoms. The minimum atomic E-state index is -0.591. The minimum Gasteiger partial charge on any atom is -0.491 e. The van der Waals surface area contributed by atoms with Gasteiger partial charge in [0.15, 0.2) is 0 Å². The Balaban J connectivity index is 1.78. The number of rotatable bonds is 2. The summed E-state index contributed by atoms with van der Waals surface area (Å²) in [5.74, 6) is -0.00197. The van der Waals surface area contributed by atoms with E-state index in [4.69, 9.17) is 14.7 Å². The van der Waals surface area contributed by atoms with Gasteiger partial charge in [0.1, 0.15) is 12.4 Å². The Hall–Kier alpha value is -2.12. The summed E-state index contributed by atoms with van der Waals surface area (Å²) < 4.78 is 10.9. The second-order valence-electron chi connectivity index (χ2n) is 5.43. The van der Waals surface area contributed by atoms with Crippen molar-refractivity contribution in [2.45, 2.75) is 13.0 Å². The van der Waals surface area contributed by atoms with Crippen molar-refractivity contribution in [3.05, 3.63) is 29.3 Å². The highest BCUT2D eigenvalue weighted by atomic mass is 16.5. The molecule has 7 nitrogen and oxygen atoms in total. The fourth-order valence-corrected chi connectivity index (χ4v) is 2.75. The van der Waals surface area contributed by atoms with Gasteiger partial charge in [0.25, 0.3) is 5.91 Å². The third kappa shape index (κ3) is 2.90. The van der Waals surface area contributed by atoms with E-state index in [1.807, 2.05) is 0 Å². The van der Waals surface area contributed by atoms with Crippen LogP contribution in [-0.4, -0.2) is 48.3 Å². The van der Waals surface area contributed by atoms with E-state index in [1.54, 1.807) is 28.6 Å². The first-order valence-corrected chi connectivity index (χ1v) is 7.25. The summed E-state index contributed by atoms with van der Waals surface area (Å²) in [6.07, 6.45) is 0.763. The van der Waals surface area contributed by atoms with Crippen molar-refractivity contribution in [1.82, 2.24) is 10.4 Å². The van der Waals surface area contributed by atoms with Crippen LogP contribution in [0.1, 0.15) is 22.3 Å². The highest BCUT2D eigenvalue weighted by molar-refractivity contribution is 5.93. The van der Waals surface area contributed by atoms with Crippen LogP contribution in [-0.2, 0) is 16.1 Å². The molecule has 0 aromatic heterocycles. The number of nitrogens with zero attached hydrogens (tertiary/aromatic N) is 1. The first-order chi connectivity index (χ1) is 10.7. The van der Waals surface area contributed by atoms with E-state index >= 15 is 0 Å². The molecule has 1 aromatic carbocycles. The lowest BCUT2D eigenvalue weighted by Crippen LogP contribution is -2.37. The number of hydrogen-bond acceptors (Lipinski definition) is 5. The molecule has 2 amide bonds. The smallest absolute Gasteiger partial charge is 0.274 e. The minimum absolute atomic E-state index is 0.0685. The van der Waals surface area contributed by atoms with Gasteiger partial charge in [-0.15, -0.1) is 0 Å². The fourth-order valence-electron chi connectivity index (χ4n) is 2.75. The van der Waals surface area contributed by atoms with Gasteiger partial charge in [-0.05, 0) is 18.6 Å². The summed E-state index contributed by atoms with van der Waals surface area (Å²) in [6, 6.07) is 4.92. The van der Waals surface area contributed by atoms with Crippen molar-refractivity contribution in [3.63, 3.8) is 0 Å². The van der Waals surface area contributed by atoms with E-state index < -0.39 is 5.91 Å². The molecule has 3 rings (SSSR count). The van der Waals surface area contributed by atoms with E-state index in [1.165, 1.54) is 0 Å². The largest absolute Gasteiger partial charge is 0.491 e. The van der Waals surface area contributed by atoms with Crippen molar-refractivity contribution >= 4 is 11.8 Å². The van der Waals surface area contributed by atoms with E-state index in [2.05, 4.69) is 0 Å². The van der Waals surface area contributed by atoms with Gasteiger partial charge in [-0.2, -0.15) is 0 Å². The molecule has 118 valence electrons. The number of fused-ring (bicyclic) bond motifs is 1. The second kappa shape index (κ2) is 6.33. The standard InChI is InChI=1S/C15H18N2O5/c18-14(16-20)10-1-2-11-8-17(4-6-22-13(11)7-10)15(19)12-3-5-21-9-12/h1-2,7,12,20H,3-6,8-9H2,(H,16,18)/t12-/m0/s1. The second-order valence-corrected chi connectivity index (χ2v) is 5.43. The van der Waals surface area contributed by atoms with Gasteiger partial charge in [-0.3, -0.25) is 14.8 Å². The number of carbonyl (C=O) groups is 2. The first-order valence-electron chi connectivity index (χ1n) is 7.25. The molecule has 1 atom stereocenters. The Morgan fingerprint density at radius 1 is 1.32 bits per heavy atom. The number of hydroxylamine groups is 1. The molecule has 0 saturated carbocycles. The topological polar surface area (TPSA) is 88.1 Å². The summed E-state index contributed by atoms with van der Waals surface area (Å²) >= 11 is 0. The molecule has 1 aromatic rings. The van der Waals surface area contributed by atoms with E-state index in [-0.39, 0.29) is 11.8 Å². The lowest BCUT2D eigenvalue weighted by Gasteiger charge is -2.22. The predicted octanol–water partition coefficient (Wildman–Crippen LogP) is 0.563. The normalized spacial score (nSPS) is 20.8. The molecule has 7 heteroatoms. The zero-order valence-corrected chi connectivity index (χ0v) is 12.1. The molecule has 2 N–H and O–H groups in total. The third-order valence-corrected chi connectivity index (χ3v) is 4.00. The van der Waals surface area contributed by atoms with Gasteiger partial charge in [-0.25, -0.2) is 5.48 Å². The van der Waals surface area contributed by atoms with Gasteiger partial charge >= 0.3 is 0 Å². The summed E-state index contributed by atoms with van der Waals surface area (Å²) in [5, 5.41) is 8.68. The molecule has 0 unspecified atom stereocenters. The summed E-state index contributed by atoms with van der Waals surface area (Å²) in [4.78, 5) is 25.7. The molecule has 1 saturated heterocycles. The van der Waals surface area contributed by atoms with Crippen molar-refractivity contribution in [2.24, 2.45) is 5.92 Å². The maximum absolute atomic E-state index is 12.5. The molecular formula is C15H18N2O5. The lowest BCUT2D eigenvalue weighted by atomic mass is 10.1. The monoisotopic (exact) mass is 306 g/mol. The quantitative estimate of drug-likeness (QED) is 0.616. The molecule has 2 heterocycles. The van der Waals surface area contributed by atoms with Crippen LogP contribution in [0.5, 0.6) is 5.75 Å². The third-order valence-electron chi connectivity index (χ3n) is 4.00. The van der Waals surface area contributed by atoms with Crippen LogP contribution in [0.2, 0.25) is 0 Å². The maximum atomic E-state index is 12.5. The zero-order chi connectivity index (χ0) is 15.5. The molecule has 2 aliphatic heterocycles. The molecule has 2 aliphatic rings. The predicted molar refractivity (Wildman–Crippen MR) is 75.5 cm³/mol. The Morgan fingerprint density at radius 3 is 2.91 bits per heavy atom. The van der Waals surface area contributed by atoms with Crippen LogP contribution in [0.4, 0.5) is 0 Å². The number of benzene rings is 1. The van der Waals surface area contributed by atoms with Gasteiger partial charge in [-0.1, -0.05) is 6.07 Å². The van der Waals surface area contributed by atoms with Crippen LogP contribution >= 0.6 is 0 Å². The molecule has 0 spiro atoms. The summed E-state index contributed by atoms with van der Waals surface area (Å²) in [6.45, 7) is 2.45. The van der Waals surface area contributed by atoms with Crippen LogP contribution in [0.3, 0.4) is 0 Å². The molecule has 0 radical (unpaired) electrons. The highest BCUT2D eigenvalue weighted by Crippen LogP contribution is 2.26. The average Bonchev–Trinajstić information content (AvgIpc) is 2.99. The Kier molecular flexibility index (Phi) is 4.26. The first kappa shape index (κ1) is 14.8. The lowest BCUT2D eigenvalue weighted by molar-refractivity contribution is -0.136. The van der Waals surface area contributed by atoms with E-state index in [0.717, 1.165) is 12.0 Å². The molecular weight excluding hydrogens is 288 g/mol. The highest BCUT2D eigenvalue weighted by Gasteiger charge is 2.29. The number of carbonyl (C=O) groups excluding carboxylic acids is 2. The number of amides is 2. The van der Waals surface area contributed by atoms with Gasteiger partial charge in [0, 0.05) is 24.3 Å². The average molecular weight is 306 g/mol. The Morgan fingerprint density at radius 2 is 2.18 bits per heavy atom. The molecule has 1 fully saturated rings. The van der Waals surface area contributed by atoms with Crippen molar-refractivity contribution in [3.8, 4) is 5.75 Å². The van der Waals surface area contributed by atoms with E-state index in [9.17, 15) is 9.59 Å². The Bertz CT molecular complexity index is 583. The maximum Gasteiger partial charge on any atom is 0.274 e. The van der Waals surface area contributed by atoms with Gasteiger partial charge in [0.05, 0.1) is 19.1 Å². The molecule has 0 aliphatic carbocycles. The number of hydrogen-bond donors (Lipinski definition) is 2. The molecule has 0 bridgehead atoms. The van der Waals surface area contributed by atoms with Crippen LogP contribution in [0, 0.1) is 5.92 Å². The van der Waals surface area contributed by atoms with E-state index in [0.29, 0.717) is 44.2 Å². The number of ether oxygens (including phenoxy) is 2. The summed E-state index contributed by atoms with van der Waals surface area (Å²) in [5.41, 5.74) is 2.75. The van der Waals surface area contributed by atoms with Crippen molar-refractivity contribution in [1.29, 1.82) is 0 Å². The van der Waals surface area contributed by atoms with Crippen molar-refractivity contribution in [2.75, 3.05) is 26.4 Å².